The average Bonchev–Trinajstić information content (AvgIpc) is 2.61. The molecular weight excluding hydrogens is 309 g/mol. The smallest absolute Gasteiger partial charge is 0.406 e. The molecule has 0 aliphatic rings. The second kappa shape index (κ2) is 5.42. The maximum Gasteiger partial charge on any atom is 0.406 e. The lowest BCUT2D eigenvalue weighted by Crippen LogP contribution is -2.36. The molecule has 2 aromatic carbocycles. The minimum absolute atomic E-state index is 0.126. The number of aromatic nitrogens is 1. The molecule has 118 valence electrons. The van der Waals surface area contributed by atoms with Crippen molar-refractivity contribution in [3.05, 3.63) is 64.2 Å². The lowest BCUT2D eigenvalue weighted by molar-refractivity contribution is -0.140. The van der Waals surface area contributed by atoms with Crippen LogP contribution in [0, 0.1) is 0 Å². The first-order chi connectivity index (χ1) is 10.9. The summed E-state index contributed by atoms with van der Waals surface area (Å²) in [7, 11) is 0. The van der Waals surface area contributed by atoms with Crippen LogP contribution in [0.25, 0.3) is 21.7 Å². The first-order valence-electron chi connectivity index (χ1n) is 6.72. The molecule has 0 saturated carbocycles. The van der Waals surface area contributed by atoms with E-state index in [4.69, 9.17) is 0 Å². The Morgan fingerprint density at radius 3 is 2.13 bits per heavy atom. The van der Waals surface area contributed by atoms with Crippen molar-refractivity contribution in [2.24, 2.45) is 5.16 Å². The molecule has 4 nitrogen and oxygen atoms in total. The molecule has 3 rings (SSSR count). The Balaban J connectivity index is 2.67. The first-order valence-corrected chi connectivity index (χ1v) is 6.72. The number of halogens is 3. The highest BCUT2D eigenvalue weighted by Gasteiger charge is 2.29. The first kappa shape index (κ1) is 15.1. The summed E-state index contributed by atoms with van der Waals surface area (Å²) in [4.78, 5) is 12.5. The fraction of sp³-hybridized carbons (Fsp3) is 0.125. The lowest BCUT2D eigenvalue weighted by Gasteiger charge is -2.10. The van der Waals surface area contributed by atoms with Gasteiger partial charge < -0.3 is 5.21 Å². The molecule has 0 spiro atoms. The summed E-state index contributed by atoms with van der Waals surface area (Å²) in [6.07, 6.45) is -4.58. The number of hydrogen-bond donors (Lipinski definition) is 1. The summed E-state index contributed by atoms with van der Waals surface area (Å²) in [5.74, 6) is 0. The van der Waals surface area contributed by atoms with Gasteiger partial charge in [-0.15, -0.1) is 0 Å². The van der Waals surface area contributed by atoms with Gasteiger partial charge in [-0.3, -0.25) is 9.36 Å². The minimum atomic E-state index is -4.58. The summed E-state index contributed by atoms with van der Waals surface area (Å²) in [6, 6.07) is 12.8. The van der Waals surface area contributed by atoms with Crippen LogP contribution in [0.1, 0.15) is 0 Å². The zero-order chi connectivity index (χ0) is 16.6. The van der Waals surface area contributed by atoms with E-state index in [2.05, 4.69) is 5.16 Å². The summed E-state index contributed by atoms with van der Waals surface area (Å²) < 4.78 is 39.3. The highest BCUT2D eigenvalue weighted by Crippen LogP contribution is 2.23. The fourth-order valence-electron chi connectivity index (χ4n) is 2.65. The van der Waals surface area contributed by atoms with Gasteiger partial charge in [0.25, 0.3) is 5.56 Å². The van der Waals surface area contributed by atoms with Gasteiger partial charge in [-0.05, 0) is 11.5 Å². The van der Waals surface area contributed by atoms with Crippen molar-refractivity contribution in [1.82, 2.24) is 4.57 Å². The van der Waals surface area contributed by atoms with Gasteiger partial charge in [-0.1, -0.05) is 47.6 Å². The molecule has 0 aliphatic heterocycles. The largest absolute Gasteiger partial charge is 0.410 e. The van der Waals surface area contributed by atoms with Gasteiger partial charge in [-0.2, -0.15) is 13.2 Å². The molecule has 0 saturated heterocycles. The maximum atomic E-state index is 12.9. The van der Waals surface area contributed by atoms with Crippen molar-refractivity contribution in [2.45, 2.75) is 12.7 Å². The van der Waals surface area contributed by atoms with E-state index in [1.807, 2.05) is 0 Å². The van der Waals surface area contributed by atoms with Crippen molar-refractivity contribution in [3.63, 3.8) is 0 Å². The van der Waals surface area contributed by atoms with Crippen LogP contribution in [0.5, 0.6) is 0 Å². The standard InChI is InChI=1S/C16H11F3N2O2/c17-16(18,19)9-21-13-8-4-3-6-11(13)10-5-1-2-7-12(10)14(20-23)15(21)22/h1-8,23H,9H2/b20-14+. The summed E-state index contributed by atoms with van der Waals surface area (Å²) in [6.45, 7) is -1.46. The molecule has 0 bridgehead atoms. The van der Waals surface area contributed by atoms with Crippen molar-refractivity contribution in [1.29, 1.82) is 0 Å². The van der Waals surface area contributed by atoms with Crippen LogP contribution in [0.2, 0.25) is 0 Å². The highest BCUT2D eigenvalue weighted by molar-refractivity contribution is 6.04. The molecule has 0 radical (unpaired) electrons. The second-order valence-electron chi connectivity index (χ2n) is 5.02. The van der Waals surface area contributed by atoms with Gasteiger partial charge in [-0.25, -0.2) is 0 Å². The third kappa shape index (κ3) is 2.65. The van der Waals surface area contributed by atoms with Crippen molar-refractivity contribution >= 4 is 21.7 Å². The van der Waals surface area contributed by atoms with Crippen LogP contribution in [0.4, 0.5) is 13.2 Å². The van der Waals surface area contributed by atoms with Gasteiger partial charge in [0.15, 0.2) is 5.36 Å². The molecule has 1 N–H and O–H groups in total. The molecule has 0 fully saturated rings. The highest BCUT2D eigenvalue weighted by atomic mass is 19.4. The van der Waals surface area contributed by atoms with E-state index >= 15 is 0 Å². The quantitative estimate of drug-likeness (QED) is 0.553. The average molecular weight is 320 g/mol. The Morgan fingerprint density at radius 2 is 1.52 bits per heavy atom. The monoisotopic (exact) mass is 320 g/mol. The Labute approximate surface area is 127 Å². The maximum absolute atomic E-state index is 12.9. The summed E-state index contributed by atoms with van der Waals surface area (Å²) >= 11 is 0. The Morgan fingerprint density at radius 1 is 0.957 bits per heavy atom. The van der Waals surface area contributed by atoms with Gasteiger partial charge in [0.05, 0.1) is 5.52 Å². The molecule has 3 aromatic rings. The normalized spacial score (nSPS) is 12.9. The molecule has 7 heteroatoms. The number of rotatable bonds is 1. The topological polar surface area (TPSA) is 54.6 Å². The summed E-state index contributed by atoms with van der Waals surface area (Å²) in [5, 5.41) is 13.0. The number of hydrogen-bond acceptors (Lipinski definition) is 3. The van der Waals surface area contributed by atoms with Crippen LogP contribution in [-0.4, -0.2) is 16.0 Å². The molecular formula is C16H11F3N2O2. The predicted molar refractivity (Wildman–Crippen MR) is 79.1 cm³/mol. The summed E-state index contributed by atoms with van der Waals surface area (Å²) in [5.41, 5.74) is -0.872. The van der Waals surface area contributed by atoms with E-state index in [0.29, 0.717) is 15.3 Å². The van der Waals surface area contributed by atoms with E-state index < -0.39 is 23.6 Å². The molecule has 1 aromatic heterocycles. The van der Waals surface area contributed by atoms with Crippen LogP contribution in [-0.2, 0) is 6.54 Å². The third-order valence-corrected chi connectivity index (χ3v) is 3.55. The zero-order valence-electron chi connectivity index (χ0n) is 11.7. The molecule has 1 heterocycles. The number of para-hydroxylation sites is 1. The Hall–Kier alpha value is -2.83. The number of alkyl halides is 3. The van der Waals surface area contributed by atoms with Crippen LogP contribution in [0.15, 0.2) is 58.5 Å². The van der Waals surface area contributed by atoms with Crippen molar-refractivity contribution in [2.75, 3.05) is 0 Å². The van der Waals surface area contributed by atoms with Gasteiger partial charge in [0.1, 0.15) is 6.54 Å². The molecule has 23 heavy (non-hydrogen) atoms. The van der Waals surface area contributed by atoms with Crippen LogP contribution < -0.4 is 10.9 Å². The van der Waals surface area contributed by atoms with Gasteiger partial charge in [0.2, 0.25) is 0 Å². The molecule has 0 atom stereocenters. The van der Waals surface area contributed by atoms with Crippen LogP contribution >= 0.6 is 0 Å². The van der Waals surface area contributed by atoms with Crippen LogP contribution in [0.3, 0.4) is 0 Å². The van der Waals surface area contributed by atoms with Crippen molar-refractivity contribution < 1.29 is 18.4 Å². The Bertz CT molecular complexity index is 1020. The van der Waals surface area contributed by atoms with Gasteiger partial charge >= 0.3 is 6.18 Å². The molecule has 0 unspecified atom stereocenters. The molecule has 0 amide bonds. The number of benzene rings is 2. The second-order valence-corrected chi connectivity index (χ2v) is 5.02. The number of fused-ring (bicyclic) bond motifs is 3. The lowest BCUT2D eigenvalue weighted by atomic mass is 10.1. The molecule has 0 aliphatic carbocycles. The van der Waals surface area contributed by atoms with Crippen molar-refractivity contribution in [3.8, 4) is 0 Å². The van der Waals surface area contributed by atoms with E-state index in [9.17, 15) is 23.2 Å². The Kier molecular flexibility index (Phi) is 3.55. The minimum Gasteiger partial charge on any atom is -0.410 e. The third-order valence-electron chi connectivity index (χ3n) is 3.55. The number of nitrogens with zero attached hydrogens (tertiary/aromatic N) is 2. The zero-order valence-corrected chi connectivity index (χ0v) is 11.7. The van der Waals surface area contributed by atoms with E-state index in [-0.39, 0.29) is 10.9 Å². The fourth-order valence-corrected chi connectivity index (χ4v) is 2.65. The van der Waals surface area contributed by atoms with Gasteiger partial charge in [0, 0.05) is 10.8 Å². The predicted octanol–water partition coefficient (Wildman–Crippen LogP) is 3.01. The van der Waals surface area contributed by atoms with E-state index in [0.717, 1.165) is 0 Å². The van der Waals surface area contributed by atoms with E-state index in [1.54, 1.807) is 36.4 Å². The SMILES string of the molecule is O=c1/c(=N/O)c2ccccc2c2ccccc2n1CC(F)(F)F. The van der Waals surface area contributed by atoms with E-state index in [1.165, 1.54) is 12.1 Å².